The van der Waals surface area contributed by atoms with Crippen molar-refractivity contribution in [3.63, 3.8) is 0 Å². The van der Waals surface area contributed by atoms with Gasteiger partial charge in [0.15, 0.2) is 0 Å². The van der Waals surface area contributed by atoms with Crippen molar-refractivity contribution in [3.8, 4) is 0 Å². The number of hydrogen-bond donors (Lipinski definition) is 0. The Bertz CT molecular complexity index is 498. The van der Waals surface area contributed by atoms with E-state index in [4.69, 9.17) is 0 Å². The lowest BCUT2D eigenvalue weighted by molar-refractivity contribution is -0.384. The average Bonchev–Trinajstić information content (AvgIpc) is 2.46. The number of carbonyl (C=O) groups excluding carboxylic acids is 2. The van der Waals surface area contributed by atoms with Gasteiger partial charge in [-0.2, -0.15) is 0 Å². The predicted octanol–water partition coefficient (Wildman–Crippen LogP) is 0.747. The normalized spacial score (nSPS) is 9.70. The van der Waals surface area contributed by atoms with Gasteiger partial charge in [0.1, 0.15) is 18.8 Å². The number of nitro benzene ring substituents is 1. The molecule has 20 heavy (non-hydrogen) atoms. The van der Waals surface area contributed by atoms with Gasteiger partial charge in [0.2, 0.25) is 0 Å². The number of hydrogen-bond acceptors (Lipinski definition) is 7. The number of carbonyl (C=O) groups is 2. The van der Waals surface area contributed by atoms with E-state index in [2.05, 4.69) is 9.47 Å². The van der Waals surface area contributed by atoms with Crippen molar-refractivity contribution in [3.05, 3.63) is 34.4 Å². The number of nitro groups is 1. The number of rotatable bonds is 6. The van der Waals surface area contributed by atoms with Gasteiger partial charge in [-0.05, 0) is 6.07 Å². The molecule has 0 bridgehead atoms. The van der Waals surface area contributed by atoms with E-state index in [1.165, 1.54) is 37.3 Å². The Morgan fingerprint density at radius 2 is 1.65 bits per heavy atom. The minimum atomic E-state index is -0.618. The van der Waals surface area contributed by atoms with Crippen LogP contribution in [0.2, 0.25) is 0 Å². The minimum Gasteiger partial charge on any atom is -0.468 e. The van der Waals surface area contributed by atoms with Crippen LogP contribution in [0.5, 0.6) is 0 Å². The fraction of sp³-hybridized carbons (Fsp3) is 0.333. The lowest BCUT2D eigenvalue weighted by Crippen LogP contribution is -2.36. The van der Waals surface area contributed by atoms with Crippen molar-refractivity contribution in [1.29, 1.82) is 0 Å². The average molecular weight is 282 g/mol. The fourth-order valence-corrected chi connectivity index (χ4v) is 1.55. The number of esters is 2. The molecule has 0 aromatic heterocycles. The molecule has 108 valence electrons. The maximum absolute atomic E-state index is 11.4. The molecular weight excluding hydrogens is 268 g/mol. The summed E-state index contributed by atoms with van der Waals surface area (Å²) in [5.74, 6) is -1.24. The van der Waals surface area contributed by atoms with Gasteiger partial charge in [-0.3, -0.25) is 19.7 Å². The zero-order valence-corrected chi connectivity index (χ0v) is 11.1. The van der Waals surface area contributed by atoms with Crippen LogP contribution in [0, 0.1) is 10.1 Å². The van der Waals surface area contributed by atoms with Crippen LogP contribution in [0.3, 0.4) is 0 Å². The smallest absolute Gasteiger partial charge is 0.325 e. The van der Waals surface area contributed by atoms with Gasteiger partial charge in [0, 0.05) is 6.07 Å². The molecule has 8 heteroatoms. The maximum atomic E-state index is 11.4. The highest BCUT2D eigenvalue weighted by Crippen LogP contribution is 2.27. The molecule has 0 radical (unpaired) electrons. The topological polar surface area (TPSA) is 99.0 Å². The Morgan fingerprint density at radius 3 is 2.10 bits per heavy atom. The first kappa shape index (κ1) is 15.4. The van der Waals surface area contributed by atoms with E-state index in [9.17, 15) is 19.7 Å². The monoisotopic (exact) mass is 282 g/mol. The molecule has 8 nitrogen and oxygen atoms in total. The second-order valence-electron chi connectivity index (χ2n) is 3.75. The van der Waals surface area contributed by atoms with Crippen molar-refractivity contribution in [1.82, 2.24) is 0 Å². The molecule has 0 saturated heterocycles. The van der Waals surface area contributed by atoms with Gasteiger partial charge in [-0.15, -0.1) is 0 Å². The first-order valence-electron chi connectivity index (χ1n) is 5.61. The highest BCUT2D eigenvalue weighted by Gasteiger charge is 2.23. The van der Waals surface area contributed by atoms with Crippen molar-refractivity contribution < 1.29 is 24.0 Å². The van der Waals surface area contributed by atoms with E-state index in [1.807, 2.05) is 0 Å². The van der Waals surface area contributed by atoms with Crippen molar-refractivity contribution >= 4 is 23.3 Å². The minimum absolute atomic E-state index is 0.147. The van der Waals surface area contributed by atoms with Gasteiger partial charge in [-0.25, -0.2) is 0 Å². The molecule has 0 unspecified atom stereocenters. The molecule has 1 aromatic carbocycles. The molecule has 0 aliphatic carbocycles. The van der Waals surface area contributed by atoms with Gasteiger partial charge >= 0.3 is 11.9 Å². The van der Waals surface area contributed by atoms with Crippen LogP contribution in [0.25, 0.3) is 0 Å². The molecule has 0 saturated carbocycles. The van der Waals surface area contributed by atoms with E-state index < -0.39 is 16.9 Å². The number of nitrogens with zero attached hydrogens (tertiary/aromatic N) is 2. The van der Waals surface area contributed by atoms with Gasteiger partial charge in [0.05, 0.1) is 19.1 Å². The summed E-state index contributed by atoms with van der Waals surface area (Å²) in [6.45, 7) is -0.590. The molecule has 0 aliphatic heterocycles. The van der Waals surface area contributed by atoms with Crippen molar-refractivity contribution in [2.75, 3.05) is 32.2 Å². The van der Waals surface area contributed by atoms with E-state index in [0.29, 0.717) is 0 Å². The van der Waals surface area contributed by atoms with E-state index >= 15 is 0 Å². The summed E-state index contributed by atoms with van der Waals surface area (Å²) in [4.78, 5) is 34.4. The third-order valence-corrected chi connectivity index (χ3v) is 2.51. The van der Waals surface area contributed by atoms with E-state index in [1.54, 1.807) is 6.07 Å². The second kappa shape index (κ2) is 7.07. The predicted molar refractivity (Wildman–Crippen MR) is 69.3 cm³/mol. The molecule has 0 spiro atoms. The number of para-hydroxylation sites is 2. The number of anilines is 1. The van der Waals surface area contributed by atoms with Crippen LogP contribution in [0.4, 0.5) is 11.4 Å². The van der Waals surface area contributed by atoms with Crippen LogP contribution >= 0.6 is 0 Å². The Labute approximate surface area is 115 Å². The first-order valence-corrected chi connectivity index (χ1v) is 5.61. The van der Waals surface area contributed by atoms with E-state index in [-0.39, 0.29) is 24.5 Å². The Balaban J connectivity index is 3.12. The Kier molecular flexibility index (Phi) is 5.45. The van der Waals surface area contributed by atoms with Crippen molar-refractivity contribution in [2.24, 2.45) is 0 Å². The molecule has 0 atom stereocenters. The van der Waals surface area contributed by atoms with Crippen LogP contribution in [-0.2, 0) is 19.1 Å². The lowest BCUT2D eigenvalue weighted by atomic mass is 10.2. The summed E-state index contributed by atoms with van der Waals surface area (Å²) in [5.41, 5.74) is -0.0615. The molecule has 0 heterocycles. The number of methoxy groups -OCH3 is 2. The van der Waals surface area contributed by atoms with E-state index in [0.717, 1.165) is 0 Å². The van der Waals surface area contributed by atoms with Gasteiger partial charge < -0.3 is 14.4 Å². The molecule has 0 amide bonds. The second-order valence-corrected chi connectivity index (χ2v) is 3.75. The quantitative estimate of drug-likeness (QED) is 0.431. The molecular formula is C12H14N2O6. The first-order chi connectivity index (χ1) is 9.49. The summed E-state index contributed by atoms with van der Waals surface area (Å²) in [6, 6.07) is 5.81. The summed E-state index contributed by atoms with van der Waals surface area (Å²) in [7, 11) is 2.39. The summed E-state index contributed by atoms with van der Waals surface area (Å²) < 4.78 is 9.03. The molecule has 0 N–H and O–H groups in total. The van der Waals surface area contributed by atoms with Crippen LogP contribution < -0.4 is 4.90 Å². The molecule has 0 aliphatic rings. The summed E-state index contributed by atoms with van der Waals surface area (Å²) >= 11 is 0. The maximum Gasteiger partial charge on any atom is 0.325 e. The van der Waals surface area contributed by atoms with Gasteiger partial charge in [-0.1, -0.05) is 12.1 Å². The SMILES string of the molecule is COC(=O)CN(CC(=O)OC)c1ccccc1[N+](=O)[O-]. The zero-order valence-electron chi connectivity index (χ0n) is 11.1. The summed E-state index contributed by atoms with van der Waals surface area (Å²) in [5, 5.41) is 11.0. The summed E-state index contributed by atoms with van der Waals surface area (Å²) in [6.07, 6.45) is 0. The zero-order chi connectivity index (χ0) is 15.1. The Morgan fingerprint density at radius 1 is 1.15 bits per heavy atom. The Hall–Kier alpha value is -2.64. The largest absolute Gasteiger partial charge is 0.468 e. The third kappa shape index (κ3) is 3.94. The van der Waals surface area contributed by atoms with Crippen LogP contribution in [0.15, 0.2) is 24.3 Å². The van der Waals surface area contributed by atoms with Gasteiger partial charge in [0.25, 0.3) is 5.69 Å². The number of benzene rings is 1. The van der Waals surface area contributed by atoms with Crippen LogP contribution in [-0.4, -0.2) is 44.2 Å². The number of ether oxygens (including phenoxy) is 2. The third-order valence-electron chi connectivity index (χ3n) is 2.51. The standard InChI is InChI=1S/C12H14N2O6/c1-19-11(15)7-13(8-12(16)20-2)9-5-3-4-6-10(9)14(17)18/h3-6H,7-8H2,1-2H3. The molecule has 1 aromatic rings. The van der Waals surface area contributed by atoms with Crippen LogP contribution in [0.1, 0.15) is 0 Å². The highest BCUT2D eigenvalue weighted by atomic mass is 16.6. The lowest BCUT2D eigenvalue weighted by Gasteiger charge is -2.21. The molecule has 1 rings (SSSR count). The van der Waals surface area contributed by atoms with Crippen molar-refractivity contribution in [2.45, 2.75) is 0 Å². The fourth-order valence-electron chi connectivity index (χ4n) is 1.55. The highest BCUT2D eigenvalue weighted by molar-refractivity contribution is 5.83. The molecule has 0 fully saturated rings.